The van der Waals surface area contributed by atoms with Crippen molar-refractivity contribution < 1.29 is 5.11 Å². The van der Waals surface area contributed by atoms with Crippen molar-refractivity contribution in [2.24, 2.45) is 0 Å². The molecule has 0 aromatic carbocycles. The van der Waals surface area contributed by atoms with Gasteiger partial charge in [0.15, 0.2) is 0 Å². The predicted molar refractivity (Wildman–Crippen MR) is 58.1 cm³/mol. The molecule has 2 atom stereocenters. The van der Waals surface area contributed by atoms with Crippen LogP contribution in [0.2, 0.25) is 0 Å². The number of halogens is 1. The van der Waals surface area contributed by atoms with Crippen molar-refractivity contribution in [3.8, 4) is 0 Å². The normalized spacial score (nSPS) is 28.7. The molecule has 0 radical (unpaired) electrons. The third-order valence-corrected chi connectivity index (χ3v) is 3.51. The summed E-state index contributed by atoms with van der Waals surface area (Å²) in [6.07, 6.45) is 7.01. The van der Waals surface area contributed by atoms with E-state index in [2.05, 4.69) is 21.0 Å². The van der Waals surface area contributed by atoms with Crippen LogP contribution < -0.4 is 0 Å². The first-order chi connectivity index (χ1) is 6.79. The maximum Gasteiger partial charge on any atom is 0.104 e. The lowest BCUT2D eigenvalue weighted by Gasteiger charge is -2.21. The Kier molecular flexibility index (Phi) is 3.23. The van der Waals surface area contributed by atoms with Gasteiger partial charge in [-0.1, -0.05) is 19.3 Å². The molecule has 0 bridgehead atoms. The lowest BCUT2D eigenvalue weighted by Crippen LogP contribution is -2.24. The van der Waals surface area contributed by atoms with Crippen molar-refractivity contribution in [2.45, 2.75) is 44.2 Å². The molecule has 14 heavy (non-hydrogen) atoms. The van der Waals surface area contributed by atoms with Gasteiger partial charge < -0.3 is 5.11 Å². The molecule has 1 heterocycles. The first-order valence-electron chi connectivity index (χ1n) is 5.16. The Hall–Kier alpha value is -0.350. The highest BCUT2D eigenvalue weighted by molar-refractivity contribution is 9.10. The van der Waals surface area contributed by atoms with E-state index in [0.717, 1.165) is 23.9 Å². The van der Waals surface area contributed by atoms with E-state index in [-0.39, 0.29) is 12.1 Å². The quantitative estimate of drug-likeness (QED) is 0.787. The molecule has 0 saturated heterocycles. The molecule has 1 fully saturated rings. The zero-order valence-corrected chi connectivity index (χ0v) is 9.65. The Morgan fingerprint density at radius 2 is 2.14 bits per heavy atom. The molecular weight excluding hydrogens is 244 g/mol. The minimum Gasteiger partial charge on any atom is -0.391 e. The molecule has 1 aromatic heterocycles. The highest BCUT2D eigenvalue weighted by atomic mass is 79.9. The Morgan fingerprint density at radius 3 is 2.86 bits per heavy atom. The van der Waals surface area contributed by atoms with E-state index >= 15 is 0 Å². The van der Waals surface area contributed by atoms with E-state index in [4.69, 9.17) is 0 Å². The van der Waals surface area contributed by atoms with Gasteiger partial charge >= 0.3 is 0 Å². The van der Waals surface area contributed by atoms with Crippen LogP contribution in [0.5, 0.6) is 0 Å². The average molecular weight is 259 g/mol. The SMILES string of the molecule is OC1CCCCCC1n1nccc1Br. The van der Waals surface area contributed by atoms with Gasteiger partial charge in [0.1, 0.15) is 4.60 Å². The van der Waals surface area contributed by atoms with E-state index in [9.17, 15) is 5.11 Å². The average Bonchev–Trinajstić information content (AvgIpc) is 2.46. The summed E-state index contributed by atoms with van der Waals surface area (Å²) in [7, 11) is 0. The summed E-state index contributed by atoms with van der Waals surface area (Å²) >= 11 is 3.44. The highest BCUT2D eigenvalue weighted by Gasteiger charge is 2.24. The second-order valence-electron chi connectivity index (χ2n) is 3.87. The van der Waals surface area contributed by atoms with Crippen molar-refractivity contribution in [1.29, 1.82) is 0 Å². The number of aliphatic hydroxyl groups is 1. The van der Waals surface area contributed by atoms with Gasteiger partial charge in [0.25, 0.3) is 0 Å². The molecule has 1 aliphatic carbocycles. The number of nitrogens with zero attached hydrogens (tertiary/aromatic N) is 2. The van der Waals surface area contributed by atoms with Crippen molar-refractivity contribution in [3.63, 3.8) is 0 Å². The van der Waals surface area contributed by atoms with E-state index < -0.39 is 0 Å². The summed E-state index contributed by atoms with van der Waals surface area (Å²) in [4.78, 5) is 0. The topological polar surface area (TPSA) is 38.0 Å². The second kappa shape index (κ2) is 4.45. The lowest BCUT2D eigenvalue weighted by molar-refractivity contribution is 0.0979. The molecule has 4 heteroatoms. The summed E-state index contributed by atoms with van der Waals surface area (Å²) in [5.41, 5.74) is 0. The summed E-state index contributed by atoms with van der Waals surface area (Å²) in [6, 6.07) is 2.07. The zero-order chi connectivity index (χ0) is 9.97. The highest BCUT2D eigenvalue weighted by Crippen LogP contribution is 2.29. The molecule has 0 aliphatic heterocycles. The van der Waals surface area contributed by atoms with E-state index in [1.54, 1.807) is 6.20 Å². The van der Waals surface area contributed by atoms with Crippen LogP contribution in [0, 0.1) is 0 Å². The number of aromatic nitrogens is 2. The number of rotatable bonds is 1. The van der Waals surface area contributed by atoms with E-state index in [1.165, 1.54) is 12.8 Å². The second-order valence-corrected chi connectivity index (χ2v) is 4.68. The predicted octanol–water partition coefficient (Wildman–Crippen LogP) is 2.51. The summed E-state index contributed by atoms with van der Waals surface area (Å²) < 4.78 is 2.86. The van der Waals surface area contributed by atoms with Gasteiger partial charge in [-0.2, -0.15) is 5.10 Å². The molecule has 3 nitrogen and oxygen atoms in total. The molecule has 1 aliphatic rings. The summed E-state index contributed by atoms with van der Waals surface area (Å²) in [5, 5.41) is 14.2. The number of hydrogen-bond acceptors (Lipinski definition) is 2. The Labute approximate surface area is 92.2 Å². The Bertz CT molecular complexity index is 300. The fourth-order valence-electron chi connectivity index (χ4n) is 2.10. The van der Waals surface area contributed by atoms with Crippen molar-refractivity contribution in [1.82, 2.24) is 9.78 Å². The van der Waals surface area contributed by atoms with Crippen LogP contribution in [0.1, 0.15) is 38.1 Å². The summed E-state index contributed by atoms with van der Waals surface area (Å²) in [6.45, 7) is 0. The minimum absolute atomic E-state index is 0.155. The van der Waals surface area contributed by atoms with Gasteiger partial charge in [0.05, 0.1) is 18.3 Å². The Morgan fingerprint density at radius 1 is 1.36 bits per heavy atom. The van der Waals surface area contributed by atoms with Gasteiger partial charge in [-0.05, 0) is 34.8 Å². The molecular formula is C10H15BrN2O. The van der Waals surface area contributed by atoms with Gasteiger partial charge in [-0.25, -0.2) is 0 Å². The largest absolute Gasteiger partial charge is 0.391 e. The fourth-order valence-corrected chi connectivity index (χ4v) is 2.57. The first kappa shape index (κ1) is 10.2. The van der Waals surface area contributed by atoms with Crippen LogP contribution >= 0.6 is 15.9 Å². The van der Waals surface area contributed by atoms with Gasteiger partial charge in [0, 0.05) is 0 Å². The van der Waals surface area contributed by atoms with Crippen molar-refractivity contribution in [3.05, 3.63) is 16.9 Å². The summed E-state index contributed by atoms with van der Waals surface area (Å²) in [5.74, 6) is 0. The number of aliphatic hydroxyl groups excluding tert-OH is 1. The molecule has 1 N–H and O–H groups in total. The first-order valence-corrected chi connectivity index (χ1v) is 5.95. The molecule has 0 amide bonds. The fraction of sp³-hybridized carbons (Fsp3) is 0.700. The number of hydrogen-bond donors (Lipinski definition) is 1. The van der Waals surface area contributed by atoms with Crippen LogP contribution in [0.4, 0.5) is 0 Å². The Balaban J connectivity index is 2.19. The smallest absolute Gasteiger partial charge is 0.104 e. The maximum absolute atomic E-state index is 9.96. The van der Waals surface area contributed by atoms with Gasteiger partial charge in [0.2, 0.25) is 0 Å². The van der Waals surface area contributed by atoms with E-state index in [0.29, 0.717) is 0 Å². The van der Waals surface area contributed by atoms with Crippen LogP contribution in [0.15, 0.2) is 16.9 Å². The maximum atomic E-state index is 9.96. The molecule has 1 aromatic rings. The standard InChI is InChI=1S/C10H15BrN2O/c11-10-6-7-12-13(10)8-4-2-1-3-5-9(8)14/h6-9,14H,1-5H2. The van der Waals surface area contributed by atoms with Crippen LogP contribution in [0.3, 0.4) is 0 Å². The van der Waals surface area contributed by atoms with E-state index in [1.807, 2.05) is 10.7 Å². The van der Waals surface area contributed by atoms with Crippen LogP contribution in [0.25, 0.3) is 0 Å². The monoisotopic (exact) mass is 258 g/mol. The van der Waals surface area contributed by atoms with Gasteiger partial charge in [-0.15, -0.1) is 0 Å². The molecule has 1 saturated carbocycles. The van der Waals surface area contributed by atoms with Crippen LogP contribution in [-0.4, -0.2) is 21.0 Å². The molecule has 78 valence electrons. The zero-order valence-electron chi connectivity index (χ0n) is 8.06. The third-order valence-electron chi connectivity index (χ3n) is 2.88. The van der Waals surface area contributed by atoms with Crippen molar-refractivity contribution in [2.75, 3.05) is 0 Å². The van der Waals surface area contributed by atoms with Crippen LogP contribution in [-0.2, 0) is 0 Å². The molecule has 2 unspecified atom stereocenters. The van der Waals surface area contributed by atoms with Crippen molar-refractivity contribution >= 4 is 15.9 Å². The lowest BCUT2D eigenvalue weighted by atomic mass is 10.1. The molecule has 0 spiro atoms. The molecule has 2 rings (SSSR count). The van der Waals surface area contributed by atoms with Gasteiger partial charge in [-0.3, -0.25) is 4.68 Å². The third kappa shape index (κ3) is 2.01. The minimum atomic E-state index is -0.242.